The molecule has 0 saturated carbocycles. The number of imidazole rings is 1. The van der Waals surface area contributed by atoms with Gasteiger partial charge in [0, 0.05) is 38.5 Å². The second-order valence-corrected chi connectivity index (χ2v) is 7.83. The second kappa shape index (κ2) is 9.32. The molecule has 0 spiro atoms. The Balaban J connectivity index is 1.57. The molecule has 2 heterocycles. The number of methoxy groups -OCH3 is 2. The number of carbonyl (C=O) groups is 2. The minimum absolute atomic E-state index is 0.0584. The summed E-state index contributed by atoms with van der Waals surface area (Å²) in [7, 11) is 4.89. The molecule has 33 heavy (non-hydrogen) atoms. The van der Waals surface area contributed by atoms with E-state index in [2.05, 4.69) is 10.3 Å². The summed E-state index contributed by atoms with van der Waals surface area (Å²) >= 11 is 0. The molecule has 2 aromatic carbocycles. The molecule has 1 saturated heterocycles. The monoisotopic (exact) mass is 452 g/mol. The van der Waals surface area contributed by atoms with Gasteiger partial charge in [0.2, 0.25) is 11.8 Å². The normalized spacial score (nSPS) is 16.5. The van der Waals surface area contributed by atoms with Gasteiger partial charge >= 0.3 is 0 Å². The van der Waals surface area contributed by atoms with E-state index >= 15 is 0 Å². The molecule has 2 amide bonds. The molecule has 1 fully saturated rings. The van der Waals surface area contributed by atoms with E-state index in [1.54, 1.807) is 59.3 Å². The predicted molar refractivity (Wildman–Crippen MR) is 120 cm³/mol. The molecular formula is C24H25FN4O4. The Kier molecular flexibility index (Phi) is 6.30. The van der Waals surface area contributed by atoms with Gasteiger partial charge in [-0.2, -0.15) is 0 Å². The number of hydrogen-bond acceptors (Lipinski definition) is 5. The van der Waals surface area contributed by atoms with E-state index in [0.29, 0.717) is 28.6 Å². The number of hydrogen-bond donors (Lipinski definition) is 1. The van der Waals surface area contributed by atoms with E-state index in [9.17, 15) is 14.0 Å². The summed E-state index contributed by atoms with van der Waals surface area (Å²) in [5.74, 6) is 0.289. The Labute approximate surface area is 190 Å². The van der Waals surface area contributed by atoms with Crippen LogP contribution in [0.4, 0.5) is 10.1 Å². The van der Waals surface area contributed by atoms with Crippen LogP contribution in [0.15, 0.2) is 54.9 Å². The van der Waals surface area contributed by atoms with Crippen molar-refractivity contribution in [2.24, 2.45) is 13.0 Å². The van der Waals surface area contributed by atoms with Gasteiger partial charge in [0.15, 0.2) is 0 Å². The van der Waals surface area contributed by atoms with E-state index in [1.165, 1.54) is 19.2 Å². The van der Waals surface area contributed by atoms with Crippen molar-refractivity contribution < 1.29 is 23.5 Å². The van der Waals surface area contributed by atoms with Crippen molar-refractivity contribution in [3.8, 4) is 11.5 Å². The number of aromatic nitrogens is 2. The SMILES string of the molecule is COc1ccc(OC)c(N2CC(C(=O)NC(c3ccc(F)cc3)c3nccn3C)CC2=O)c1. The maximum Gasteiger partial charge on any atom is 0.227 e. The summed E-state index contributed by atoms with van der Waals surface area (Å²) in [6.45, 7) is 0.199. The first-order valence-corrected chi connectivity index (χ1v) is 10.5. The van der Waals surface area contributed by atoms with Crippen LogP contribution in [0.5, 0.6) is 11.5 Å². The van der Waals surface area contributed by atoms with Crippen LogP contribution in [0.25, 0.3) is 0 Å². The molecule has 0 radical (unpaired) electrons. The van der Waals surface area contributed by atoms with Crippen LogP contribution in [0.2, 0.25) is 0 Å². The van der Waals surface area contributed by atoms with Crippen molar-refractivity contribution >= 4 is 17.5 Å². The number of carbonyl (C=O) groups excluding carboxylic acids is 2. The minimum Gasteiger partial charge on any atom is -0.497 e. The highest BCUT2D eigenvalue weighted by molar-refractivity contribution is 6.01. The zero-order valence-corrected chi connectivity index (χ0v) is 18.6. The van der Waals surface area contributed by atoms with Gasteiger partial charge in [-0.3, -0.25) is 9.59 Å². The molecule has 0 bridgehead atoms. The van der Waals surface area contributed by atoms with Crippen LogP contribution in [-0.4, -0.2) is 42.1 Å². The first-order valence-electron chi connectivity index (χ1n) is 10.5. The average Bonchev–Trinajstić information content (AvgIpc) is 3.43. The Morgan fingerprint density at radius 3 is 2.58 bits per heavy atom. The maximum absolute atomic E-state index is 13.5. The van der Waals surface area contributed by atoms with Crippen LogP contribution in [0.3, 0.4) is 0 Å². The topological polar surface area (TPSA) is 85.7 Å². The summed E-state index contributed by atoms with van der Waals surface area (Å²) < 4.78 is 25.9. The lowest BCUT2D eigenvalue weighted by Crippen LogP contribution is -2.37. The summed E-state index contributed by atoms with van der Waals surface area (Å²) in [5.41, 5.74) is 1.24. The van der Waals surface area contributed by atoms with Crippen molar-refractivity contribution in [3.05, 3.63) is 72.1 Å². The molecule has 1 aromatic heterocycles. The molecule has 1 aliphatic heterocycles. The number of nitrogens with zero attached hydrogens (tertiary/aromatic N) is 3. The highest BCUT2D eigenvalue weighted by Gasteiger charge is 2.37. The van der Waals surface area contributed by atoms with Crippen molar-refractivity contribution in [2.75, 3.05) is 25.7 Å². The third-order valence-corrected chi connectivity index (χ3v) is 5.78. The highest BCUT2D eigenvalue weighted by atomic mass is 19.1. The number of aryl methyl sites for hydroxylation is 1. The zero-order valence-electron chi connectivity index (χ0n) is 18.6. The predicted octanol–water partition coefficient (Wildman–Crippen LogP) is 2.84. The Hall–Kier alpha value is -3.88. The summed E-state index contributed by atoms with van der Waals surface area (Å²) in [6.07, 6.45) is 3.46. The zero-order chi connectivity index (χ0) is 23.5. The minimum atomic E-state index is -0.589. The fourth-order valence-electron chi connectivity index (χ4n) is 3.99. The van der Waals surface area contributed by atoms with E-state index in [0.717, 1.165) is 0 Å². The van der Waals surface area contributed by atoms with Crippen LogP contribution in [-0.2, 0) is 16.6 Å². The maximum atomic E-state index is 13.5. The number of halogens is 1. The molecule has 172 valence electrons. The van der Waals surface area contributed by atoms with Gasteiger partial charge in [0.1, 0.15) is 29.2 Å². The average molecular weight is 452 g/mol. The molecule has 9 heteroatoms. The molecule has 2 atom stereocenters. The van der Waals surface area contributed by atoms with Gasteiger partial charge < -0.3 is 24.3 Å². The van der Waals surface area contributed by atoms with Crippen LogP contribution >= 0.6 is 0 Å². The number of ether oxygens (including phenoxy) is 2. The number of amides is 2. The second-order valence-electron chi connectivity index (χ2n) is 7.83. The van der Waals surface area contributed by atoms with Gasteiger partial charge in [-0.15, -0.1) is 0 Å². The van der Waals surface area contributed by atoms with Gasteiger partial charge in [0.25, 0.3) is 0 Å². The van der Waals surface area contributed by atoms with Crippen molar-refractivity contribution in [1.82, 2.24) is 14.9 Å². The smallest absolute Gasteiger partial charge is 0.227 e. The van der Waals surface area contributed by atoms with Gasteiger partial charge in [-0.1, -0.05) is 12.1 Å². The van der Waals surface area contributed by atoms with Crippen molar-refractivity contribution in [3.63, 3.8) is 0 Å². The first kappa shape index (κ1) is 22.3. The summed E-state index contributed by atoms with van der Waals surface area (Å²) in [5, 5.41) is 3.00. The largest absolute Gasteiger partial charge is 0.497 e. The van der Waals surface area contributed by atoms with E-state index in [-0.39, 0.29) is 30.6 Å². The Morgan fingerprint density at radius 1 is 1.18 bits per heavy atom. The summed E-state index contributed by atoms with van der Waals surface area (Å²) in [4.78, 5) is 32.0. The fraction of sp³-hybridized carbons (Fsp3) is 0.292. The van der Waals surface area contributed by atoms with E-state index < -0.39 is 12.0 Å². The molecule has 8 nitrogen and oxygen atoms in total. The number of anilines is 1. The third-order valence-electron chi connectivity index (χ3n) is 5.78. The molecular weight excluding hydrogens is 427 g/mol. The van der Waals surface area contributed by atoms with Gasteiger partial charge in [-0.05, 0) is 29.8 Å². The van der Waals surface area contributed by atoms with Crippen LogP contribution in [0, 0.1) is 11.7 Å². The lowest BCUT2D eigenvalue weighted by Gasteiger charge is -2.22. The first-order chi connectivity index (χ1) is 15.9. The van der Waals surface area contributed by atoms with E-state index in [4.69, 9.17) is 9.47 Å². The fourth-order valence-corrected chi connectivity index (χ4v) is 3.99. The Morgan fingerprint density at radius 2 is 1.94 bits per heavy atom. The highest BCUT2D eigenvalue weighted by Crippen LogP contribution is 2.36. The molecule has 1 N–H and O–H groups in total. The molecule has 1 aliphatic rings. The number of rotatable bonds is 7. The van der Waals surface area contributed by atoms with Crippen molar-refractivity contribution in [1.29, 1.82) is 0 Å². The molecule has 2 unspecified atom stereocenters. The third kappa shape index (κ3) is 4.52. The number of nitrogens with one attached hydrogen (secondary N) is 1. The Bertz CT molecular complexity index is 1160. The van der Waals surface area contributed by atoms with E-state index in [1.807, 2.05) is 7.05 Å². The number of benzene rings is 2. The van der Waals surface area contributed by atoms with Crippen LogP contribution in [0.1, 0.15) is 23.9 Å². The quantitative estimate of drug-likeness (QED) is 0.596. The van der Waals surface area contributed by atoms with Crippen molar-refractivity contribution in [2.45, 2.75) is 12.5 Å². The molecule has 0 aliphatic carbocycles. The van der Waals surface area contributed by atoms with Gasteiger partial charge in [0.05, 0.1) is 25.8 Å². The lowest BCUT2D eigenvalue weighted by atomic mass is 10.0. The lowest BCUT2D eigenvalue weighted by molar-refractivity contribution is -0.126. The van der Waals surface area contributed by atoms with Gasteiger partial charge in [-0.25, -0.2) is 9.37 Å². The van der Waals surface area contributed by atoms with Crippen LogP contribution < -0.4 is 19.7 Å². The summed E-state index contributed by atoms with van der Waals surface area (Å²) in [6, 6.07) is 10.5. The molecule has 3 aromatic rings. The molecule has 4 rings (SSSR count). The standard InChI is InChI=1S/C24H25FN4O4/c1-28-11-10-26-23(28)22(15-4-6-17(25)7-5-15)27-24(31)16-12-21(30)29(14-16)19-13-18(32-2)8-9-20(19)33-3/h4-11,13,16,22H,12,14H2,1-3H3,(H,27,31).